The summed E-state index contributed by atoms with van der Waals surface area (Å²) in [6.07, 6.45) is 5.25. The number of furan rings is 1. The fourth-order valence-electron chi connectivity index (χ4n) is 1.99. The Balaban J connectivity index is 1.94. The van der Waals surface area contributed by atoms with Gasteiger partial charge in [-0.2, -0.15) is 0 Å². The van der Waals surface area contributed by atoms with Gasteiger partial charge in [0.2, 0.25) is 0 Å². The van der Waals surface area contributed by atoms with Crippen molar-refractivity contribution in [3.63, 3.8) is 0 Å². The van der Waals surface area contributed by atoms with E-state index in [9.17, 15) is 4.79 Å². The lowest BCUT2D eigenvalue weighted by Gasteiger charge is -2.14. The third-order valence-electron chi connectivity index (χ3n) is 3.20. The maximum Gasteiger partial charge on any atom is 0.253 e. The quantitative estimate of drug-likeness (QED) is 0.801. The van der Waals surface area contributed by atoms with Crippen molar-refractivity contribution < 1.29 is 9.21 Å². The Morgan fingerprint density at radius 1 is 1.43 bits per heavy atom. The first-order chi connectivity index (χ1) is 10.1. The zero-order valence-electron chi connectivity index (χ0n) is 12.1. The number of aryl methyl sites for hydroxylation is 1. The fourth-order valence-corrected chi connectivity index (χ4v) is 2.64. The van der Waals surface area contributed by atoms with E-state index in [0.29, 0.717) is 10.6 Å². The van der Waals surface area contributed by atoms with Gasteiger partial charge in [-0.3, -0.25) is 4.79 Å². The number of amides is 1. The molecule has 0 fully saturated rings. The second kappa shape index (κ2) is 7.57. The van der Waals surface area contributed by atoms with Crippen molar-refractivity contribution in [3.8, 4) is 0 Å². The number of hydrogen-bond donors (Lipinski definition) is 1. The number of halogens is 1. The molecule has 1 atom stereocenters. The highest BCUT2D eigenvalue weighted by Gasteiger charge is 2.14. The summed E-state index contributed by atoms with van der Waals surface area (Å²) < 4.78 is 5.29. The number of hydrogen-bond acceptors (Lipinski definition) is 3. The van der Waals surface area contributed by atoms with Crippen LogP contribution in [-0.4, -0.2) is 18.2 Å². The van der Waals surface area contributed by atoms with Gasteiger partial charge >= 0.3 is 0 Å². The molecule has 112 valence electrons. The molecule has 0 aliphatic carbocycles. The lowest BCUT2D eigenvalue weighted by molar-refractivity contribution is 0.0938. The third-order valence-corrected chi connectivity index (χ3v) is 4.25. The van der Waals surface area contributed by atoms with E-state index < -0.39 is 0 Å². The SMILES string of the molecule is CSc1ccc(Cl)c(C(=O)N[C@@H](C)CCc2ccco2)c1. The van der Waals surface area contributed by atoms with Crippen LogP contribution < -0.4 is 5.32 Å². The maximum absolute atomic E-state index is 12.3. The molecule has 2 aromatic rings. The van der Waals surface area contributed by atoms with Gasteiger partial charge in [0.25, 0.3) is 5.91 Å². The van der Waals surface area contributed by atoms with Gasteiger partial charge in [0.05, 0.1) is 16.8 Å². The van der Waals surface area contributed by atoms with E-state index in [2.05, 4.69) is 5.32 Å². The minimum Gasteiger partial charge on any atom is -0.469 e. The van der Waals surface area contributed by atoms with E-state index in [-0.39, 0.29) is 11.9 Å². The van der Waals surface area contributed by atoms with E-state index in [1.54, 1.807) is 24.1 Å². The standard InChI is InChI=1S/C16H18ClNO2S/c1-11(5-6-12-4-3-9-20-12)18-16(19)14-10-13(21-2)7-8-15(14)17/h3-4,7-11H,5-6H2,1-2H3,(H,18,19)/t11-/m0/s1. The number of rotatable bonds is 6. The summed E-state index contributed by atoms with van der Waals surface area (Å²) in [7, 11) is 0. The van der Waals surface area contributed by atoms with E-state index in [4.69, 9.17) is 16.0 Å². The van der Waals surface area contributed by atoms with Crippen LogP contribution >= 0.6 is 23.4 Å². The number of carbonyl (C=O) groups is 1. The fraction of sp³-hybridized carbons (Fsp3) is 0.312. The van der Waals surface area contributed by atoms with Crippen molar-refractivity contribution in [3.05, 3.63) is 52.9 Å². The van der Waals surface area contributed by atoms with Gasteiger partial charge in [0, 0.05) is 17.4 Å². The van der Waals surface area contributed by atoms with Gasteiger partial charge in [0.15, 0.2) is 0 Å². The molecule has 1 aromatic heterocycles. The molecule has 0 bridgehead atoms. The second-order valence-electron chi connectivity index (χ2n) is 4.84. The molecule has 21 heavy (non-hydrogen) atoms. The summed E-state index contributed by atoms with van der Waals surface area (Å²) in [6.45, 7) is 1.98. The molecular formula is C16H18ClNO2S. The average Bonchev–Trinajstić information content (AvgIpc) is 2.99. The van der Waals surface area contributed by atoms with Crippen molar-refractivity contribution in [2.24, 2.45) is 0 Å². The zero-order valence-corrected chi connectivity index (χ0v) is 13.6. The molecule has 2 rings (SSSR count). The molecule has 0 spiro atoms. The van der Waals surface area contributed by atoms with Gasteiger partial charge in [-0.15, -0.1) is 11.8 Å². The first-order valence-corrected chi connectivity index (χ1v) is 8.37. The van der Waals surface area contributed by atoms with E-state index in [1.807, 2.05) is 37.4 Å². The minimum atomic E-state index is -0.136. The first-order valence-electron chi connectivity index (χ1n) is 6.77. The smallest absolute Gasteiger partial charge is 0.253 e. The van der Waals surface area contributed by atoms with Gasteiger partial charge in [-0.1, -0.05) is 11.6 Å². The van der Waals surface area contributed by atoms with Crippen LogP contribution in [0.3, 0.4) is 0 Å². The van der Waals surface area contributed by atoms with Crippen molar-refractivity contribution in [2.45, 2.75) is 30.7 Å². The average molecular weight is 324 g/mol. The Morgan fingerprint density at radius 2 is 2.24 bits per heavy atom. The van der Waals surface area contributed by atoms with Gasteiger partial charge in [-0.05, 0) is 49.9 Å². The van der Waals surface area contributed by atoms with Crippen molar-refractivity contribution in [2.75, 3.05) is 6.26 Å². The third kappa shape index (κ3) is 4.55. The van der Waals surface area contributed by atoms with Crippen molar-refractivity contribution in [1.82, 2.24) is 5.32 Å². The van der Waals surface area contributed by atoms with Crippen LogP contribution in [0.15, 0.2) is 45.9 Å². The molecule has 0 aliphatic rings. The monoisotopic (exact) mass is 323 g/mol. The molecule has 1 amide bonds. The Hall–Kier alpha value is -1.39. The highest BCUT2D eigenvalue weighted by Crippen LogP contribution is 2.23. The predicted octanol–water partition coefficient (Wildman–Crippen LogP) is 4.41. The lowest BCUT2D eigenvalue weighted by atomic mass is 10.1. The molecule has 0 radical (unpaired) electrons. The topological polar surface area (TPSA) is 42.2 Å². The largest absolute Gasteiger partial charge is 0.469 e. The molecule has 0 saturated carbocycles. The Labute approximate surface area is 134 Å². The minimum absolute atomic E-state index is 0.0524. The number of carbonyl (C=O) groups excluding carboxylic acids is 1. The summed E-state index contributed by atoms with van der Waals surface area (Å²) in [5.41, 5.74) is 0.522. The van der Waals surface area contributed by atoms with Crippen LogP contribution in [0.4, 0.5) is 0 Å². The normalized spacial score (nSPS) is 12.1. The number of benzene rings is 1. The molecular weight excluding hydrogens is 306 g/mol. The highest BCUT2D eigenvalue weighted by atomic mass is 35.5. The van der Waals surface area contributed by atoms with E-state index in [0.717, 1.165) is 23.5 Å². The molecule has 1 heterocycles. The van der Waals surface area contributed by atoms with Crippen LogP contribution in [0.25, 0.3) is 0 Å². The molecule has 3 nitrogen and oxygen atoms in total. The van der Waals surface area contributed by atoms with E-state index in [1.165, 1.54) is 0 Å². The summed E-state index contributed by atoms with van der Waals surface area (Å²) in [5.74, 6) is 0.793. The van der Waals surface area contributed by atoms with Crippen molar-refractivity contribution in [1.29, 1.82) is 0 Å². The molecule has 1 N–H and O–H groups in total. The molecule has 0 aliphatic heterocycles. The second-order valence-corrected chi connectivity index (χ2v) is 6.13. The predicted molar refractivity (Wildman–Crippen MR) is 87.2 cm³/mol. The summed E-state index contributed by atoms with van der Waals surface area (Å²) in [5, 5.41) is 3.45. The zero-order chi connectivity index (χ0) is 15.2. The summed E-state index contributed by atoms with van der Waals surface area (Å²) >= 11 is 7.69. The first kappa shape index (κ1) is 16.0. The van der Waals surface area contributed by atoms with Crippen LogP contribution in [0.5, 0.6) is 0 Å². The Bertz CT molecular complexity index is 598. The summed E-state index contributed by atoms with van der Waals surface area (Å²) in [4.78, 5) is 13.3. The number of nitrogens with one attached hydrogen (secondary N) is 1. The van der Waals surface area contributed by atoms with Crippen LogP contribution in [0.2, 0.25) is 5.02 Å². The van der Waals surface area contributed by atoms with Crippen LogP contribution in [-0.2, 0) is 6.42 Å². The molecule has 0 saturated heterocycles. The molecule has 1 aromatic carbocycles. The van der Waals surface area contributed by atoms with E-state index >= 15 is 0 Å². The Kier molecular flexibility index (Phi) is 5.76. The van der Waals surface area contributed by atoms with Crippen LogP contribution in [0.1, 0.15) is 29.5 Å². The van der Waals surface area contributed by atoms with Gasteiger partial charge < -0.3 is 9.73 Å². The van der Waals surface area contributed by atoms with Gasteiger partial charge in [-0.25, -0.2) is 0 Å². The summed E-state index contributed by atoms with van der Waals surface area (Å²) in [6, 6.07) is 9.35. The van der Waals surface area contributed by atoms with Crippen LogP contribution in [0, 0.1) is 0 Å². The van der Waals surface area contributed by atoms with Gasteiger partial charge in [0.1, 0.15) is 5.76 Å². The maximum atomic E-state index is 12.3. The Morgan fingerprint density at radius 3 is 2.90 bits per heavy atom. The molecule has 0 unspecified atom stereocenters. The van der Waals surface area contributed by atoms with Crippen molar-refractivity contribution >= 4 is 29.3 Å². The number of thioether (sulfide) groups is 1. The highest BCUT2D eigenvalue weighted by molar-refractivity contribution is 7.98. The molecule has 5 heteroatoms. The lowest BCUT2D eigenvalue weighted by Crippen LogP contribution is -2.33.